The van der Waals surface area contributed by atoms with Gasteiger partial charge in [-0.25, -0.2) is 0 Å². The molecule has 0 saturated heterocycles. The van der Waals surface area contributed by atoms with E-state index in [0.717, 1.165) is 3.57 Å². The highest BCUT2D eigenvalue weighted by Crippen LogP contribution is 2.20. The first-order chi connectivity index (χ1) is 8.32. The van der Waals surface area contributed by atoms with Crippen LogP contribution in [0.2, 0.25) is 5.02 Å². The molecule has 0 heterocycles. The van der Waals surface area contributed by atoms with Crippen LogP contribution in [0, 0.1) is 3.57 Å². The predicted octanol–water partition coefficient (Wildman–Crippen LogP) is 2.88. The Bertz CT molecular complexity index is 476. The number of carboxylic acids is 1. The smallest absolute Gasteiger partial charge is 0.323 e. The number of halogens is 2. The predicted molar refractivity (Wildman–Crippen MR) is 78.0 cm³/mol. The van der Waals surface area contributed by atoms with Crippen molar-refractivity contribution in [3.63, 3.8) is 0 Å². The van der Waals surface area contributed by atoms with Gasteiger partial charge < -0.3 is 10.0 Å². The molecular formula is C12H13ClINO3. The summed E-state index contributed by atoms with van der Waals surface area (Å²) in [7, 11) is 0. The van der Waals surface area contributed by atoms with Crippen molar-refractivity contribution < 1.29 is 14.7 Å². The first-order valence-corrected chi connectivity index (χ1v) is 6.76. The summed E-state index contributed by atoms with van der Waals surface area (Å²) in [5.41, 5.74) is 0.443. The Morgan fingerprint density at radius 3 is 2.50 bits per heavy atom. The van der Waals surface area contributed by atoms with E-state index >= 15 is 0 Å². The fourth-order valence-corrected chi connectivity index (χ4v) is 2.06. The third kappa shape index (κ3) is 3.84. The zero-order chi connectivity index (χ0) is 13.9. The molecule has 1 N–H and O–H groups in total. The van der Waals surface area contributed by atoms with Gasteiger partial charge in [-0.3, -0.25) is 9.59 Å². The largest absolute Gasteiger partial charge is 0.480 e. The van der Waals surface area contributed by atoms with E-state index < -0.39 is 5.97 Å². The molecule has 0 fully saturated rings. The molecule has 0 bridgehead atoms. The zero-order valence-corrected chi connectivity index (χ0v) is 12.9. The fraction of sp³-hybridized carbons (Fsp3) is 0.333. The second kappa shape index (κ2) is 6.38. The van der Waals surface area contributed by atoms with E-state index in [1.54, 1.807) is 32.0 Å². The van der Waals surface area contributed by atoms with Gasteiger partial charge in [0.05, 0.1) is 5.02 Å². The van der Waals surface area contributed by atoms with Crippen LogP contribution in [0.25, 0.3) is 0 Å². The van der Waals surface area contributed by atoms with Crippen molar-refractivity contribution in [2.75, 3.05) is 6.54 Å². The lowest BCUT2D eigenvalue weighted by atomic mass is 10.1. The van der Waals surface area contributed by atoms with E-state index in [-0.39, 0.29) is 18.5 Å². The second-order valence-corrected chi connectivity index (χ2v) is 5.62. The molecule has 0 spiro atoms. The van der Waals surface area contributed by atoms with E-state index in [1.165, 1.54) is 4.90 Å². The molecule has 1 aromatic rings. The molecular weight excluding hydrogens is 368 g/mol. The van der Waals surface area contributed by atoms with Crippen LogP contribution < -0.4 is 0 Å². The summed E-state index contributed by atoms with van der Waals surface area (Å²) < 4.78 is 0.763. The van der Waals surface area contributed by atoms with Crippen LogP contribution in [-0.4, -0.2) is 34.5 Å². The number of rotatable bonds is 4. The van der Waals surface area contributed by atoms with Gasteiger partial charge in [-0.15, -0.1) is 0 Å². The van der Waals surface area contributed by atoms with Crippen molar-refractivity contribution in [2.24, 2.45) is 0 Å². The van der Waals surface area contributed by atoms with E-state index in [9.17, 15) is 9.59 Å². The summed E-state index contributed by atoms with van der Waals surface area (Å²) >= 11 is 7.92. The van der Waals surface area contributed by atoms with Crippen LogP contribution in [0.1, 0.15) is 24.2 Å². The van der Waals surface area contributed by atoms with Gasteiger partial charge in [0.1, 0.15) is 6.54 Å². The third-order valence-electron chi connectivity index (χ3n) is 2.36. The van der Waals surface area contributed by atoms with Crippen molar-refractivity contribution >= 4 is 46.1 Å². The summed E-state index contributed by atoms with van der Waals surface area (Å²) in [6.07, 6.45) is 0. The molecule has 0 saturated carbocycles. The molecule has 0 aliphatic rings. The average Bonchev–Trinajstić information content (AvgIpc) is 2.28. The molecule has 0 atom stereocenters. The minimum absolute atomic E-state index is 0.179. The van der Waals surface area contributed by atoms with Crippen molar-refractivity contribution in [3.8, 4) is 0 Å². The third-order valence-corrected chi connectivity index (χ3v) is 3.90. The summed E-state index contributed by atoms with van der Waals surface area (Å²) in [5.74, 6) is -1.33. The Morgan fingerprint density at radius 2 is 2.06 bits per heavy atom. The average molecular weight is 382 g/mol. The van der Waals surface area contributed by atoms with Gasteiger partial charge in [0.25, 0.3) is 5.91 Å². The first-order valence-electron chi connectivity index (χ1n) is 5.30. The maximum atomic E-state index is 12.2. The van der Waals surface area contributed by atoms with E-state index in [1.807, 2.05) is 22.6 Å². The Kier molecular flexibility index (Phi) is 5.40. The Hall–Kier alpha value is -0.820. The number of carboxylic acid groups (broad SMARTS) is 1. The van der Waals surface area contributed by atoms with Crippen LogP contribution in [-0.2, 0) is 4.79 Å². The molecule has 0 radical (unpaired) electrons. The first kappa shape index (κ1) is 15.2. The summed E-state index contributed by atoms with van der Waals surface area (Å²) in [4.78, 5) is 24.3. The van der Waals surface area contributed by atoms with Gasteiger partial charge in [-0.05, 0) is 54.6 Å². The number of benzene rings is 1. The molecule has 18 heavy (non-hydrogen) atoms. The lowest BCUT2D eigenvalue weighted by Crippen LogP contribution is -2.40. The quantitative estimate of drug-likeness (QED) is 0.816. The molecule has 0 unspecified atom stereocenters. The summed E-state index contributed by atoms with van der Waals surface area (Å²) in [6, 6.07) is 4.71. The van der Waals surface area contributed by atoms with Gasteiger partial charge >= 0.3 is 5.97 Å². The molecule has 1 rings (SSSR count). The molecule has 0 aliphatic heterocycles. The molecule has 98 valence electrons. The number of amides is 1. The molecule has 0 aromatic heterocycles. The number of nitrogens with zero attached hydrogens (tertiary/aromatic N) is 1. The highest BCUT2D eigenvalue weighted by Gasteiger charge is 2.21. The van der Waals surface area contributed by atoms with Crippen molar-refractivity contribution in [2.45, 2.75) is 19.9 Å². The molecule has 1 aromatic carbocycles. The molecule has 0 aliphatic carbocycles. The zero-order valence-electron chi connectivity index (χ0n) is 9.98. The highest BCUT2D eigenvalue weighted by molar-refractivity contribution is 14.1. The molecule has 6 heteroatoms. The van der Waals surface area contributed by atoms with Crippen molar-refractivity contribution in [1.29, 1.82) is 0 Å². The maximum absolute atomic E-state index is 12.2. The fourth-order valence-electron chi connectivity index (χ4n) is 1.43. The van der Waals surface area contributed by atoms with Crippen LogP contribution >= 0.6 is 34.2 Å². The number of aliphatic carboxylic acids is 1. The normalized spacial score (nSPS) is 10.5. The molecule has 1 amide bonds. The Balaban J connectivity index is 3.02. The van der Waals surface area contributed by atoms with Crippen molar-refractivity contribution in [1.82, 2.24) is 4.90 Å². The summed E-state index contributed by atoms with van der Waals surface area (Å²) in [5, 5.41) is 9.38. The van der Waals surface area contributed by atoms with Gasteiger partial charge in [-0.1, -0.05) is 11.6 Å². The topological polar surface area (TPSA) is 57.6 Å². The summed E-state index contributed by atoms with van der Waals surface area (Å²) in [6.45, 7) is 3.25. The highest BCUT2D eigenvalue weighted by atomic mass is 127. The lowest BCUT2D eigenvalue weighted by molar-refractivity contribution is -0.138. The second-order valence-electron chi connectivity index (χ2n) is 4.05. The number of carbonyl (C=O) groups excluding carboxylic acids is 1. The number of hydrogen-bond acceptors (Lipinski definition) is 2. The van der Waals surface area contributed by atoms with Crippen LogP contribution in [0.3, 0.4) is 0 Å². The van der Waals surface area contributed by atoms with E-state index in [0.29, 0.717) is 10.6 Å². The van der Waals surface area contributed by atoms with Crippen LogP contribution in [0.5, 0.6) is 0 Å². The van der Waals surface area contributed by atoms with Crippen molar-refractivity contribution in [3.05, 3.63) is 32.4 Å². The van der Waals surface area contributed by atoms with Gasteiger partial charge in [-0.2, -0.15) is 0 Å². The Labute approximate surface area is 124 Å². The molecule has 4 nitrogen and oxygen atoms in total. The monoisotopic (exact) mass is 381 g/mol. The number of carbonyl (C=O) groups is 2. The lowest BCUT2D eigenvalue weighted by Gasteiger charge is -2.25. The van der Waals surface area contributed by atoms with Gasteiger partial charge in [0.15, 0.2) is 0 Å². The van der Waals surface area contributed by atoms with Gasteiger partial charge in [0, 0.05) is 15.2 Å². The number of hydrogen-bond donors (Lipinski definition) is 1. The van der Waals surface area contributed by atoms with E-state index in [2.05, 4.69) is 0 Å². The minimum atomic E-state index is -1.03. The maximum Gasteiger partial charge on any atom is 0.323 e. The van der Waals surface area contributed by atoms with Crippen LogP contribution in [0.4, 0.5) is 0 Å². The minimum Gasteiger partial charge on any atom is -0.480 e. The van der Waals surface area contributed by atoms with Crippen LogP contribution in [0.15, 0.2) is 18.2 Å². The van der Waals surface area contributed by atoms with Gasteiger partial charge in [0.2, 0.25) is 0 Å². The standard InChI is InChI=1S/C12H13ClINO3/c1-7(2)15(6-11(16)17)12(18)8-3-4-9(13)10(14)5-8/h3-5,7H,6H2,1-2H3,(H,16,17). The van der Waals surface area contributed by atoms with E-state index in [4.69, 9.17) is 16.7 Å². The Morgan fingerprint density at radius 1 is 1.44 bits per heavy atom. The SMILES string of the molecule is CC(C)N(CC(=O)O)C(=O)c1ccc(Cl)c(I)c1.